The molecule has 2 rings (SSSR count). The van der Waals surface area contributed by atoms with Gasteiger partial charge in [0.05, 0.1) is 23.6 Å². The highest BCUT2D eigenvalue weighted by atomic mass is 79.9. The summed E-state index contributed by atoms with van der Waals surface area (Å²) in [5.41, 5.74) is 0.574. The summed E-state index contributed by atoms with van der Waals surface area (Å²) in [6, 6.07) is 11.2. The Morgan fingerprint density at radius 1 is 1.27 bits per heavy atom. The van der Waals surface area contributed by atoms with Crippen molar-refractivity contribution in [3.8, 4) is 5.75 Å². The predicted octanol–water partition coefficient (Wildman–Crippen LogP) is 3.76. The van der Waals surface area contributed by atoms with Crippen molar-refractivity contribution in [3.05, 3.63) is 52.0 Å². The Bertz CT molecular complexity index is 905. The Morgan fingerprint density at radius 3 is 2.58 bits per heavy atom. The summed E-state index contributed by atoms with van der Waals surface area (Å²) < 4.78 is 32.5. The van der Waals surface area contributed by atoms with Crippen molar-refractivity contribution in [1.29, 1.82) is 0 Å². The average Bonchev–Trinajstić information content (AvgIpc) is 2.59. The molecule has 2 aromatic rings. The van der Waals surface area contributed by atoms with Crippen LogP contribution >= 0.6 is 27.5 Å². The van der Waals surface area contributed by atoms with Gasteiger partial charge in [-0.25, -0.2) is 8.42 Å². The van der Waals surface area contributed by atoms with Crippen molar-refractivity contribution in [1.82, 2.24) is 4.31 Å². The molecule has 0 aromatic heterocycles. The molecule has 0 spiro atoms. The fourth-order valence-electron chi connectivity index (χ4n) is 2.25. The predicted molar refractivity (Wildman–Crippen MR) is 105 cm³/mol. The second-order valence-electron chi connectivity index (χ2n) is 5.29. The molecule has 0 aliphatic carbocycles. The number of sulfonamides is 1. The number of hydrogen-bond donors (Lipinski definition) is 1. The largest absolute Gasteiger partial charge is 0.495 e. The molecule has 0 heterocycles. The number of likely N-dealkylation sites (N-methyl/N-ethyl adjacent to an activating group) is 1. The zero-order chi connectivity index (χ0) is 19.3. The Balaban J connectivity index is 2.18. The minimum absolute atomic E-state index is 0.000376. The number of nitrogens with zero attached hydrogens (tertiary/aromatic N) is 1. The molecule has 0 aliphatic rings. The van der Waals surface area contributed by atoms with Crippen LogP contribution in [0.2, 0.25) is 5.02 Å². The third-order valence-corrected chi connectivity index (χ3v) is 6.25. The number of halogens is 2. The number of amides is 1. The Hall–Kier alpha value is -1.61. The molecular weight excluding hydrogens is 444 g/mol. The first-order valence-electron chi connectivity index (χ1n) is 7.67. The van der Waals surface area contributed by atoms with Crippen molar-refractivity contribution >= 4 is 49.1 Å². The van der Waals surface area contributed by atoms with Gasteiger partial charge in [0.15, 0.2) is 0 Å². The standard InChI is InChI=1S/C17H18BrClN2O4S/c1-3-21(11-17(22)20-13-6-4-5-12(18)9-13)26(23,24)14-7-8-16(25-2)15(19)10-14/h4-10H,3,11H2,1-2H3,(H,20,22). The van der Waals surface area contributed by atoms with E-state index >= 15 is 0 Å². The maximum atomic E-state index is 12.8. The fraction of sp³-hybridized carbons (Fsp3) is 0.235. The summed E-state index contributed by atoms with van der Waals surface area (Å²) >= 11 is 9.34. The lowest BCUT2D eigenvalue weighted by atomic mass is 10.3. The van der Waals surface area contributed by atoms with Crippen LogP contribution in [-0.2, 0) is 14.8 Å². The molecular formula is C17H18BrClN2O4S. The third kappa shape index (κ3) is 4.97. The van der Waals surface area contributed by atoms with Gasteiger partial charge in [-0.15, -0.1) is 0 Å². The van der Waals surface area contributed by atoms with E-state index in [1.54, 1.807) is 25.1 Å². The third-order valence-electron chi connectivity index (χ3n) is 3.54. The van der Waals surface area contributed by atoms with Gasteiger partial charge in [-0.2, -0.15) is 4.31 Å². The number of hydrogen-bond acceptors (Lipinski definition) is 4. The quantitative estimate of drug-likeness (QED) is 0.681. The fourth-order valence-corrected chi connectivity index (χ4v) is 4.40. The monoisotopic (exact) mass is 460 g/mol. The molecule has 0 saturated heterocycles. The molecule has 9 heteroatoms. The number of carbonyl (C=O) groups excluding carboxylic acids is 1. The lowest BCUT2D eigenvalue weighted by molar-refractivity contribution is -0.116. The summed E-state index contributed by atoms with van der Waals surface area (Å²) in [5.74, 6) is -0.0609. The molecule has 0 fully saturated rings. The average molecular weight is 462 g/mol. The van der Waals surface area contributed by atoms with Gasteiger partial charge in [-0.1, -0.05) is 40.5 Å². The first kappa shape index (κ1) is 20.7. The molecule has 1 N–H and O–H groups in total. The van der Waals surface area contributed by atoms with Crippen molar-refractivity contribution in [2.75, 3.05) is 25.5 Å². The van der Waals surface area contributed by atoms with E-state index in [-0.39, 0.29) is 23.0 Å². The van der Waals surface area contributed by atoms with Gasteiger partial charge >= 0.3 is 0 Å². The van der Waals surface area contributed by atoms with Gasteiger partial charge in [0, 0.05) is 16.7 Å². The smallest absolute Gasteiger partial charge is 0.243 e. The topological polar surface area (TPSA) is 75.7 Å². The molecule has 0 unspecified atom stereocenters. The van der Waals surface area contributed by atoms with Crippen LogP contribution in [0.1, 0.15) is 6.92 Å². The molecule has 2 aromatic carbocycles. The second-order valence-corrected chi connectivity index (χ2v) is 8.55. The molecule has 0 radical (unpaired) electrons. The summed E-state index contributed by atoms with van der Waals surface area (Å²) in [6.07, 6.45) is 0. The normalized spacial score (nSPS) is 11.4. The lowest BCUT2D eigenvalue weighted by Gasteiger charge is -2.20. The van der Waals surface area contributed by atoms with Crippen molar-refractivity contribution < 1.29 is 17.9 Å². The number of carbonyl (C=O) groups is 1. The van der Waals surface area contributed by atoms with E-state index in [4.69, 9.17) is 16.3 Å². The molecule has 6 nitrogen and oxygen atoms in total. The van der Waals surface area contributed by atoms with E-state index in [2.05, 4.69) is 21.2 Å². The molecule has 0 bridgehead atoms. The highest BCUT2D eigenvalue weighted by Crippen LogP contribution is 2.28. The number of anilines is 1. The first-order chi connectivity index (χ1) is 12.3. The van der Waals surface area contributed by atoms with Gasteiger partial charge < -0.3 is 10.1 Å². The highest BCUT2D eigenvalue weighted by molar-refractivity contribution is 9.10. The first-order valence-corrected chi connectivity index (χ1v) is 10.3. The SMILES string of the molecule is CCN(CC(=O)Nc1cccc(Br)c1)S(=O)(=O)c1ccc(OC)c(Cl)c1. The van der Waals surface area contributed by atoms with E-state index in [0.717, 1.165) is 8.78 Å². The number of methoxy groups -OCH3 is 1. The van der Waals surface area contributed by atoms with Crippen LogP contribution in [-0.4, -0.2) is 38.8 Å². The zero-order valence-electron chi connectivity index (χ0n) is 14.2. The molecule has 0 atom stereocenters. The van der Waals surface area contributed by atoms with Gasteiger partial charge in [-0.05, 0) is 36.4 Å². The Labute approximate surface area is 166 Å². The van der Waals surface area contributed by atoms with E-state index in [1.807, 2.05) is 6.07 Å². The van der Waals surface area contributed by atoms with Crippen LogP contribution in [0.3, 0.4) is 0 Å². The highest BCUT2D eigenvalue weighted by Gasteiger charge is 2.26. The van der Waals surface area contributed by atoms with Crippen LogP contribution in [0.5, 0.6) is 5.75 Å². The van der Waals surface area contributed by atoms with E-state index in [0.29, 0.717) is 11.4 Å². The van der Waals surface area contributed by atoms with Gasteiger partial charge in [-0.3, -0.25) is 4.79 Å². The Morgan fingerprint density at radius 2 is 2.00 bits per heavy atom. The number of nitrogens with one attached hydrogen (secondary N) is 1. The van der Waals surface area contributed by atoms with Gasteiger partial charge in [0.25, 0.3) is 0 Å². The van der Waals surface area contributed by atoms with Crippen LogP contribution in [0.25, 0.3) is 0 Å². The van der Waals surface area contributed by atoms with Crippen LogP contribution < -0.4 is 10.1 Å². The van der Waals surface area contributed by atoms with Crippen molar-refractivity contribution in [3.63, 3.8) is 0 Å². The summed E-state index contributed by atoms with van der Waals surface area (Å²) in [6.45, 7) is 1.49. The van der Waals surface area contributed by atoms with Crippen LogP contribution in [0.4, 0.5) is 5.69 Å². The molecule has 140 valence electrons. The summed E-state index contributed by atoms with van der Waals surface area (Å²) in [4.78, 5) is 12.3. The van der Waals surface area contributed by atoms with Crippen molar-refractivity contribution in [2.45, 2.75) is 11.8 Å². The number of rotatable bonds is 7. The summed E-state index contributed by atoms with van der Waals surface area (Å²) in [7, 11) is -2.43. The number of benzene rings is 2. The van der Waals surface area contributed by atoms with E-state index in [1.165, 1.54) is 25.3 Å². The number of ether oxygens (including phenoxy) is 1. The van der Waals surface area contributed by atoms with Crippen LogP contribution in [0.15, 0.2) is 51.8 Å². The van der Waals surface area contributed by atoms with Crippen molar-refractivity contribution in [2.24, 2.45) is 0 Å². The summed E-state index contributed by atoms with van der Waals surface area (Å²) in [5, 5.41) is 2.86. The van der Waals surface area contributed by atoms with Crippen LogP contribution in [0, 0.1) is 0 Å². The maximum Gasteiger partial charge on any atom is 0.243 e. The minimum Gasteiger partial charge on any atom is -0.495 e. The lowest BCUT2D eigenvalue weighted by Crippen LogP contribution is -2.37. The van der Waals surface area contributed by atoms with E-state index in [9.17, 15) is 13.2 Å². The molecule has 0 saturated carbocycles. The molecule has 26 heavy (non-hydrogen) atoms. The maximum absolute atomic E-state index is 12.8. The zero-order valence-corrected chi connectivity index (χ0v) is 17.4. The molecule has 0 aliphatic heterocycles. The minimum atomic E-state index is -3.87. The van der Waals surface area contributed by atoms with Gasteiger partial charge in [0.1, 0.15) is 5.75 Å². The Kier molecular flexibility index (Phi) is 7.05. The second kappa shape index (κ2) is 8.85. The molecule has 1 amide bonds. The van der Waals surface area contributed by atoms with E-state index < -0.39 is 15.9 Å². The van der Waals surface area contributed by atoms with Gasteiger partial charge in [0.2, 0.25) is 15.9 Å².